The maximum atomic E-state index is 12.4. The van der Waals surface area contributed by atoms with Crippen LogP contribution in [0.15, 0.2) is 67.0 Å². The van der Waals surface area contributed by atoms with Gasteiger partial charge in [-0.1, -0.05) is 41.9 Å². The minimum atomic E-state index is -0.391. The highest BCUT2D eigenvalue weighted by Gasteiger charge is 2.20. The minimum Gasteiger partial charge on any atom is -0.492 e. The van der Waals surface area contributed by atoms with Gasteiger partial charge in [0.2, 0.25) is 0 Å². The van der Waals surface area contributed by atoms with E-state index in [4.69, 9.17) is 16.3 Å². The van der Waals surface area contributed by atoms with Gasteiger partial charge in [-0.25, -0.2) is 9.78 Å². The van der Waals surface area contributed by atoms with Gasteiger partial charge < -0.3 is 19.9 Å². The van der Waals surface area contributed by atoms with E-state index < -0.39 is 6.04 Å². The quantitative estimate of drug-likeness (QED) is 0.612. The standard InChI is InChI=1S/C20H21ClN4O2/c1-25-13-11-22-19(25)18(15-7-9-16(21)10-8-15)24-20(26)23-12-14-27-17-5-3-2-4-6-17/h2-11,13,18H,12,14H2,1H3,(H2,23,24,26). The van der Waals surface area contributed by atoms with Crippen LogP contribution in [0.25, 0.3) is 0 Å². The number of hydrogen-bond acceptors (Lipinski definition) is 3. The van der Waals surface area contributed by atoms with E-state index in [0.717, 1.165) is 17.1 Å². The van der Waals surface area contributed by atoms with E-state index in [9.17, 15) is 4.79 Å². The Bertz CT molecular complexity index is 865. The monoisotopic (exact) mass is 384 g/mol. The van der Waals surface area contributed by atoms with Gasteiger partial charge in [0.05, 0.1) is 6.54 Å². The van der Waals surface area contributed by atoms with E-state index in [1.165, 1.54) is 0 Å². The fraction of sp³-hybridized carbons (Fsp3) is 0.200. The molecule has 0 bridgehead atoms. The molecule has 1 aromatic heterocycles. The summed E-state index contributed by atoms with van der Waals surface area (Å²) in [7, 11) is 1.89. The van der Waals surface area contributed by atoms with Crippen molar-refractivity contribution >= 4 is 17.6 Å². The van der Waals surface area contributed by atoms with E-state index in [0.29, 0.717) is 18.2 Å². The summed E-state index contributed by atoms with van der Waals surface area (Å²) < 4.78 is 7.45. The number of aryl methyl sites for hydroxylation is 1. The van der Waals surface area contributed by atoms with Crippen LogP contribution in [0.5, 0.6) is 5.75 Å². The van der Waals surface area contributed by atoms with Crippen LogP contribution in [0.2, 0.25) is 5.02 Å². The third-order valence-electron chi connectivity index (χ3n) is 3.99. The van der Waals surface area contributed by atoms with Crippen molar-refractivity contribution in [3.05, 3.63) is 83.4 Å². The summed E-state index contributed by atoms with van der Waals surface area (Å²) in [6.45, 7) is 0.764. The second kappa shape index (κ2) is 9.09. The maximum absolute atomic E-state index is 12.4. The van der Waals surface area contributed by atoms with E-state index in [-0.39, 0.29) is 6.03 Å². The summed E-state index contributed by atoms with van der Waals surface area (Å²) in [6, 6.07) is 16.1. The molecule has 0 fully saturated rings. The third-order valence-corrected chi connectivity index (χ3v) is 4.25. The Hall–Kier alpha value is -2.99. The number of halogens is 1. The lowest BCUT2D eigenvalue weighted by atomic mass is 10.1. The number of hydrogen-bond donors (Lipinski definition) is 2. The predicted molar refractivity (Wildman–Crippen MR) is 105 cm³/mol. The summed E-state index contributed by atoms with van der Waals surface area (Å²) in [4.78, 5) is 16.7. The Morgan fingerprint density at radius 1 is 1.19 bits per heavy atom. The van der Waals surface area contributed by atoms with E-state index in [1.807, 2.05) is 60.3 Å². The molecule has 0 radical (unpaired) electrons. The first-order valence-corrected chi connectivity index (χ1v) is 8.96. The van der Waals surface area contributed by atoms with Gasteiger partial charge in [-0.05, 0) is 29.8 Å². The van der Waals surface area contributed by atoms with E-state index in [1.54, 1.807) is 18.3 Å². The van der Waals surface area contributed by atoms with Gasteiger partial charge in [0.15, 0.2) is 0 Å². The van der Waals surface area contributed by atoms with Crippen LogP contribution in [0, 0.1) is 0 Å². The van der Waals surface area contributed by atoms with Crippen LogP contribution >= 0.6 is 11.6 Å². The molecule has 3 rings (SSSR count). The average molecular weight is 385 g/mol. The zero-order chi connectivity index (χ0) is 19.1. The van der Waals surface area contributed by atoms with E-state index in [2.05, 4.69) is 15.6 Å². The first kappa shape index (κ1) is 18.8. The van der Waals surface area contributed by atoms with Crippen molar-refractivity contribution in [2.75, 3.05) is 13.2 Å². The molecule has 27 heavy (non-hydrogen) atoms. The molecule has 0 saturated carbocycles. The van der Waals surface area contributed by atoms with Gasteiger partial charge in [-0.3, -0.25) is 0 Å². The SMILES string of the molecule is Cn1ccnc1C(NC(=O)NCCOc1ccccc1)c1ccc(Cl)cc1. The Morgan fingerprint density at radius 3 is 2.59 bits per heavy atom. The molecular weight excluding hydrogens is 364 g/mol. The lowest BCUT2D eigenvalue weighted by Gasteiger charge is -2.19. The lowest BCUT2D eigenvalue weighted by molar-refractivity contribution is 0.234. The highest BCUT2D eigenvalue weighted by atomic mass is 35.5. The molecule has 0 spiro atoms. The van der Waals surface area contributed by atoms with Crippen molar-refractivity contribution in [2.45, 2.75) is 6.04 Å². The molecule has 3 aromatic rings. The molecule has 2 amide bonds. The van der Waals surface area contributed by atoms with Crippen molar-refractivity contribution in [3.63, 3.8) is 0 Å². The Labute approximate surface area is 163 Å². The molecule has 6 nitrogen and oxygen atoms in total. The number of benzene rings is 2. The predicted octanol–water partition coefficient (Wildman–Crippen LogP) is 3.54. The van der Waals surface area contributed by atoms with Crippen LogP contribution in [-0.2, 0) is 7.05 Å². The van der Waals surface area contributed by atoms with E-state index >= 15 is 0 Å². The third kappa shape index (κ3) is 5.24. The number of nitrogens with one attached hydrogen (secondary N) is 2. The number of para-hydroxylation sites is 1. The van der Waals surface area contributed by atoms with Crippen LogP contribution in [-0.4, -0.2) is 28.7 Å². The number of ether oxygens (including phenoxy) is 1. The van der Waals surface area contributed by atoms with Crippen LogP contribution < -0.4 is 15.4 Å². The number of rotatable bonds is 7. The summed E-state index contributed by atoms with van der Waals surface area (Å²) in [6.07, 6.45) is 3.54. The van der Waals surface area contributed by atoms with Crippen LogP contribution in [0.1, 0.15) is 17.4 Å². The van der Waals surface area contributed by atoms with Crippen LogP contribution in [0.4, 0.5) is 4.79 Å². The minimum absolute atomic E-state index is 0.297. The van der Waals surface area contributed by atoms with Gasteiger partial charge in [-0.15, -0.1) is 0 Å². The summed E-state index contributed by atoms with van der Waals surface area (Å²) >= 11 is 5.98. The molecule has 1 unspecified atom stereocenters. The summed E-state index contributed by atoms with van der Waals surface area (Å²) in [5.74, 6) is 1.50. The molecule has 140 valence electrons. The summed E-state index contributed by atoms with van der Waals surface area (Å²) in [5, 5.41) is 6.41. The topological polar surface area (TPSA) is 68.2 Å². The summed E-state index contributed by atoms with van der Waals surface area (Å²) in [5.41, 5.74) is 0.893. The molecule has 0 aliphatic rings. The fourth-order valence-electron chi connectivity index (χ4n) is 2.64. The number of nitrogens with zero attached hydrogens (tertiary/aromatic N) is 2. The molecule has 2 aromatic carbocycles. The Morgan fingerprint density at radius 2 is 1.93 bits per heavy atom. The number of carbonyl (C=O) groups excluding carboxylic acids is 1. The van der Waals surface area contributed by atoms with Gasteiger partial charge in [0, 0.05) is 24.5 Å². The molecular formula is C20H21ClN4O2. The number of carbonyl (C=O) groups is 1. The first-order valence-electron chi connectivity index (χ1n) is 8.58. The normalized spacial score (nSPS) is 11.6. The Kier molecular flexibility index (Phi) is 6.33. The van der Waals surface area contributed by atoms with Crippen molar-refractivity contribution < 1.29 is 9.53 Å². The molecule has 0 aliphatic heterocycles. The van der Waals surface area contributed by atoms with Gasteiger partial charge in [0.1, 0.15) is 24.2 Å². The van der Waals surface area contributed by atoms with Gasteiger partial charge >= 0.3 is 6.03 Å². The first-order chi connectivity index (χ1) is 13.1. The lowest BCUT2D eigenvalue weighted by Crippen LogP contribution is -2.40. The second-order valence-corrected chi connectivity index (χ2v) is 6.38. The maximum Gasteiger partial charge on any atom is 0.315 e. The molecule has 0 saturated heterocycles. The number of aromatic nitrogens is 2. The van der Waals surface area contributed by atoms with Crippen molar-refractivity contribution in [3.8, 4) is 5.75 Å². The highest BCUT2D eigenvalue weighted by Crippen LogP contribution is 2.22. The molecule has 1 atom stereocenters. The molecule has 2 N–H and O–H groups in total. The molecule has 0 aliphatic carbocycles. The molecule has 1 heterocycles. The van der Waals surface area contributed by atoms with Crippen molar-refractivity contribution in [1.82, 2.24) is 20.2 Å². The highest BCUT2D eigenvalue weighted by molar-refractivity contribution is 6.30. The number of amides is 2. The second-order valence-electron chi connectivity index (χ2n) is 5.94. The zero-order valence-electron chi connectivity index (χ0n) is 14.9. The largest absolute Gasteiger partial charge is 0.492 e. The Balaban J connectivity index is 1.59. The van der Waals surface area contributed by atoms with Crippen LogP contribution in [0.3, 0.4) is 0 Å². The zero-order valence-corrected chi connectivity index (χ0v) is 15.7. The van der Waals surface area contributed by atoms with Gasteiger partial charge in [-0.2, -0.15) is 0 Å². The van der Waals surface area contributed by atoms with Crippen molar-refractivity contribution in [2.24, 2.45) is 7.05 Å². The van der Waals surface area contributed by atoms with Gasteiger partial charge in [0.25, 0.3) is 0 Å². The number of imidazole rings is 1. The molecule has 7 heteroatoms. The van der Waals surface area contributed by atoms with Crippen molar-refractivity contribution in [1.29, 1.82) is 0 Å². The fourth-order valence-corrected chi connectivity index (χ4v) is 2.77. The average Bonchev–Trinajstić information content (AvgIpc) is 3.11. The number of urea groups is 1. The smallest absolute Gasteiger partial charge is 0.315 e.